The number of nitro benzene ring substituents is 1. The summed E-state index contributed by atoms with van der Waals surface area (Å²) in [5.74, 6) is 0.663. The molecule has 7 heteroatoms. The van der Waals surface area contributed by atoms with Gasteiger partial charge in [0.2, 0.25) is 0 Å². The van der Waals surface area contributed by atoms with Crippen LogP contribution >= 0.6 is 11.6 Å². The normalized spacial score (nSPS) is 10.5. The molecule has 0 saturated carbocycles. The van der Waals surface area contributed by atoms with E-state index < -0.39 is 10.8 Å². The molecule has 1 N–H and O–H groups in total. The molecule has 6 nitrogen and oxygen atoms in total. The summed E-state index contributed by atoms with van der Waals surface area (Å²) in [6, 6.07) is 15.4. The molecule has 3 rings (SSSR count). The molecule has 0 unspecified atom stereocenters. The minimum Gasteiger partial charge on any atom is -0.459 e. The Balaban J connectivity index is 1.72. The predicted octanol–water partition coefficient (Wildman–Crippen LogP) is 4.75. The minimum atomic E-state index is -0.546. The minimum absolute atomic E-state index is 0.0273. The van der Waals surface area contributed by atoms with E-state index in [0.29, 0.717) is 22.1 Å². The Kier molecular flexibility index (Phi) is 5.04. The van der Waals surface area contributed by atoms with Gasteiger partial charge in [-0.2, -0.15) is 0 Å². The molecule has 0 aliphatic heterocycles. The quantitative estimate of drug-likeness (QED) is 0.519. The molecule has 0 radical (unpaired) electrons. The Morgan fingerprint density at radius 1 is 1.15 bits per heavy atom. The maximum absolute atomic E-state index is 12.3. The second-order valence-corrected chi connectivity index (χ2v) is 6.12. The zero-order valence-electron chi connectivity index (χ0n) is 13.9. The van der Waals surface area contributed by atoms with Crippen molar-refractivity contribution < 1.29 is 14.1 Å². The van der Waals surface area contributed by atoms with Crippen molar-refractivity contribution in [1.82, 2.24) is 5.32 Å². The van der Waals surface area contributed by atoms with E-state index in [1.54, 1.807) is 43.3 Å². The summed E-state index contributed by atoms with van der Waals surface area (Å²) in [5, 5.41) is 14.5. The van der Waals surface area contributed by atoms with Crippen LogP contribution in [0.1, 0.15) is 21.7 Å². The number of hydrogen-bond acceptors (Lipinski definition) is 4. The topological polar surface area (TPSA) is 85.4 Å². The molecule has 0 atom stereocenters. The fourth-order valence-electron chi connectivity index (χ4n) is 2.59. The molecule has 0 bridgehead atoms. The average Bonchev–Trinajstić information content (AvgIpc) is 3.08. The number of aryl methyl sites for hydroxylation is 1. The number of rotatable bonds is 5. The number of nitro groups is 1. The lowest BCUT2D eigenvalue weighted by molar-refractivity contribution is -0.385. The third kappa shape index (κ3) is 3.75. The second-order valence-electron chi connectivity index (χ2n) is 5.68. The molecular weight excluding hydrogens is 356 g/mol. The van der Waals surface area contributed by atoms with E-state index in [2.05, 4.69) is 5.32 Å². The van der Waals surface area contributed by atoms with E-state index in [1.165, 1.54) is 6.07 Å². The lowest BCUT2D eigenvalue weighted by atomic mass is 10.1. The number of amides is 1. The Hall–Kier alpha value is -3.12. The van der Waals surface area contributed by atoms with Crippen LogP contribution in [0.2, 0.25) is 5.02 Å². The first-order valence-corrected chi connectivity index (χ1v) is 8.20. The van der Waals surface area contributed by atoms with Gasteiger partial charge in [-0.1, -0.05) is 23.7 Å². The van der Waals surface area contributed by atoms with Gasteiger partial charge in [0.25, 0.3) is 11.6 Å². The molecule has 0 spiro atoms. The van der Waals surface area contributed by atoms with Gasteiger partial charge in [-0.3, -0.25) is 14.9 Å². The lowest BCUT2D eigenvalue weighted by Gasteiger charge is -2.06. The number of para-hydroxylation sites is 1. The van der Waals surface area contributed by atoms with Crippen molar-refractivity contribution in [3.63, 3.8) is 0 Å². The van der Waals surface area contributed by atoms with Gasteiger partial charge < -0.3 is 9.73 Å². The van der Waals surface area contributed by atoms with Gasteiger partial charge in [-0.05, 0) is 49.4 Å². The maximum atomic E-state index is 12.3. The van der Waals surface area contributed by atoms with Crippen LogP contribution in [-0.4, -0.2) is 10.8 Å². The van der Waals surface area contributed by atoms with E-state index in [0.717, 1.165) is 5.56 Å². The summed E-state index contributed by atoms with van der Waals surface area (Å²) in [7, 11) is 0. The molecular formula is C19H15ClN2O4. The van der Waals surface area contributed by atoms with Crippen LogP contribution in [0.3, 0.4) is 0 Å². The molecule has 2 aromatic carbocycles. The van der Waals surface area contributed by atoms with Gasteiger partial charge in [0.15, 0.2) is 0 Å². The fourth-order valence-corrected chi connectivity index (χ4v) is 2.72. The van der Waals surface area contributed by atoms with E-state index in [1.807, 2.05) is 12.1 Å². The molecule has 132 valence electrons. The fraction of sp³-hybridized carbons (Fsp3) is 0.105. The number of furan rings is 1. The van der Waals surface area contributed by atoms with E-state index in [-0.39, 0.29) is 17.8 Å². The van der Waals surface area contributed by atoms with Crippen LogP contribution in [0.5, 0.6) is 0 Å². The van der Waals surface area contributed by atoms with Crippen molar-refractivity contribution in [3.8, 4) is 11.3 Å². The van der Waals surface area contributed by atoms with E-state index in [4.69, 9.17) is 16.0 Å². The zero-order chi connectivity index (χ0) is 18.7. The number of carbonyl (C=O) groups excluding carboxylic acids is 1. The van der Waals surface area contributed by atoms with Gasteiger partial charge >= 0.3 is 0 Å². The monoisotopic (exact) mass is 370 g/mol. The van der Waals surface area contributed by atoms with Crippen LogP contribution in [0.4, 0.5) is 5.69 Å². The number of halogens is 1. The first kappa shape index (κ1) is 17.7. The molecule has 0 saturated heterocycles. The lowest BCUT2D eigenvalue weighted by Crippen LogP contribution is -2.23. The molecule has 26 heavy (non-hydrogen) atoms. The standard InChI is InChI=1S/C19H15ClN2O4/c1-12-3-2-4-16(18(12)22(24)25)19(23)21-11-15-9-10-17(26-15)13-5-7-14(20)8-6-13/h2-10H,11H2,1H3,(H,21,23). The summed E-state index contributed by atoms with van der Waals surface area (Å²) in [5.41, 5.74) is 1.14. The predicted molar refractivity (Wildman–Crippen MR) is 98.2 cm³/mol. The van der Waals surface area contributed by atoms with Gasteiger partial charge in [0, 0.05) is 16.1 Å². The number of benzene rings is 2. The molecule has 0 fully saturated rings. The van der Waals surface area contributed by atoms with Crippen LogP contribution in [0.15, 0.2) is 59.0 Å². The van der Waals surface area contributed by atoms with Crippen LogP contribution in [-0.2, 0) is 6.54 Å². The average molecular weight is 371 g/mol. The third-order valence-electron chi connectivity index (χ3n) is 3.88. The number of nitrogens with zero attached hydrogens (tertiary/aromatic N) is 1. The van der Waals surface area contributed by atoms with Crippen LogP contribution in [0, 0.1) is 17.0 Å². The number of hydrogen-bond donors (Lipinski definition) is 1. The van der Waals surface area contributed by atoms with Crippen LogP contribution in [0.25, 0.3) is 11.3 Å². The first-order chi connectivity index (χ1) is 12.5. The maximum Gasteiger partial charge on any atom is 0.285 e. The van der Waals surface area contributed by atoms with E-state index in [9.17, 15) is 14.9 Å². The highest BCUT2D eigenvalue weighted by atomic mass is 35.5. The largest absolute Gasteiger partial charge is 0.459 e. The third-order valence-corrected chi connectivity index (χ3v) is 4.13. The molecule has 1 aromatic heterocycles. The summed E-state index contributed by atoms with van der Waals surface area (Å²) in [4.78, 5) is 23.0. The summed E-state index contributed by atoms with van der Waals surface area (Å²) in [6.45, 7) is 1.72. The summed E-state index contributed by atoms with van der Waals surface area (Å²) < 4.78 is 5.71. The van der Waals surface area contributed by atoms with Gasteiger partial charge in [-0.15, -0.1) is 0 Å². The Bertz CT molecular complexity index is 964. The van der Waals surface area contributed by atoms with Crippen molar-refractivity contribution >= 4 is 23.2 Å². The van der Waals surface area contributed by atoms with Crippen molar-refractivity contribution in [2.45, 2.75) is 13.5 Å². The van der Waals surface area contributed by atoms with Crippen LogP contribution < -0.4 is 5.32 Å². The highest BCUT2D eigenvalue weighted by molar-refractivity contribution is 6.30. The summed E-state index contributed by atoms with van der Waals surface area (Å²) >= 11 is 5.87. The first-order valence-electron chi connectivity index (χ1n) is 7.82. The Morgan fingerprint density at radius 3 is 2.58 bits per heavy atom. The van der Waals surface area contributed by atoms with Crippen molar-refractivity contribution in [1.29, 1.82) is 0 Å². The number of nitrogens with one attached hydrogen (secondary N) is 1. The smallest absolute Gasteiger partial charge is 0.285 e. The molecule has 1 amide bonds. The van der Waals surface area contributed by atoms with E-state index >= 15 is 0 Å². The Morgan fingerprint density at radius 2 is 1.88 bits per heavy atom. The zero-order valence-corrected chi connectivity index (χ0v) is 14.6. The van der Waals surface area contributed by atoms with Gasteiger partial charge in [0.05, 0.1) is 11.5 Å². The SMILES string of the molecule is Cc1cccc(C(=O)NCc2ccc(-c3ccc(Cl)cc3)o2)c1[N+](=O)[O-]. The number of carbonyl (C=O) groups is 1. The highest BCUT2D eigenvalue weighted by Crippen LogP contribution is 2.25. The summed E-state index contributed by atoms with van der Waals surface area (Å²) in [6.07, 6.45) is 0. The molecule has 3 aromatic rings. The van der Waals surface area contributed by atoms with Gasteiger partial charge in [0.1, 0.15) is 17.1 Å². The molecule has 1 heterocycles. The Labute approximate surface area is 154 Å². The van der Waals surface area contributed by atoms with Gasteiger partial charge in [-0.25, -0.2) is 0 Å². The van der Waals surface area contributed by atoms with Crippen molar-refractivity contribution in [3.05, 3.63) is 86.6 Å². The molecule has 0 aliphatic carbocycles. The second kappa shape index (κ2) is 7.41. The highest BCUT2D eigenvalue weighted by Gasteiger charge is 2.22. The van der Waals surface area contributed by atoms with Crippen molar-refractivity contribution in [2.24, 2.45) is 0 Å². The van der Waals surface area contributed by atoms with Crippen molar-refractivity contribution in [2.75, 3.05) is 0 Å². The molecule has 0 aliphatic rings.